The molecule has 2 aliphatic rings. The number of furan rings is 1. The fraction of sp³-hybridized carbons (Fsp3) is 0.438. The van der Waals surface area contributed by atoms with Gasteiger partial charge in [0.25, 0.3) is 5.91 Å². The number of amides is 2. The lowest BCUT2D eigenvalue weighted by Crippen LogP contribution is -2.42. The van der Waals surface area contributed by atoms with Crippen LogP contribution in [0.15, 0.2) is 27.7 Å². The van der Waals surface area contributed by atoms with Gasteiger partial charge >= 0.3 is 0 Å². The standard InChI is InChI=1S/C16H18N2O4S3/c19-12-9-24-8-11(12)17-14(20)4-1-5-18-15(21)13(25-16(18)23)7-10-3-2-6-22-10/h2-3,6-7,11-12,19H,1,4-5,8-9H2,(H,17,20)/b13-7-/t11-,12-/m1/s1. The molecule has 0 aliphatic carbocycles. The molecule has 25 heavy (non-hydrogen) atoms. The van der Waals surface area contributed by atoms with Crippen LogP contribution in [-0.4, -0.2) is 56.3 Å². The van der Waals surface area contributed by atoms with Crippen molar-refractivity contribution in [3.63, 3.8) is 0 Å². The molecule has 2 atom stereocenters. The lowest BCUT2D eigenvalue weighted by atomic mass is 10.2. The Kier molecular flexibility index (Phi) is 6.21. The molecule has 0 aromatic carbocycles. The van der Waals surface area contributed by atoms with Crippen LogP contribution in [-0.2, 0) is 9.59 Å². The second kappa shape index (κ2) is 8.39. The summed E-state index contributed by atoms with van der Waals surface area (Å²) < 4.78 is 5.71. The third kappa shape index (κ3) is 4.66. The normalized spacial score (nSPS) is 25.2. The average molecular weight is 399 g/mol. The molecular formula is C16H18N2O4S3. The maximum Gasteiger partial charge on any atom is 0.266 e. The van der Waals surface area contributed by atoms with Gasteiger partial charge in [-0.3, -0.25) is 14.5 Å². The molecule has 1 aromatic heterocycles. The van der Waals surface area contributed by atoms with Crippen LogP contribution < -0.4 is 5.32 Å². The van der Waals surface area contributed by atoms with Crippen LogP contribution in [0.2, 0.25) is 0 Å². The molecule has 0 spiro atoms. The minimum atomic E-state index is -0.479. The number of carbonyl (C=O) groups excluding carboxylic acids is 2. The highest BCUT2D eigenvalue weighted by Gasteiger charge is 2.32. The van der Waals surface area contributed by atoms with E-state index in [9.17, 15) is 14.7 Å². The van der Waals surface area contributed by atoms with Gasteiger partial charge in [-0.05, 0) is 18.6 Å². The van der Waals surface area contributed by atoms with E-state index < -0.39 is 6.10 Å². The summed E-state index contributed by atoms with van der Waals surface area (Å²) in [5, 5.41) is 12.6. The largest absolute Gasteiger partial charge is 0.465 e. The number of thioether (sulfide) groups is 2. The van der Waals surface area contributed by atoms with Crippen LogP contribution in [0.3, 0.4) is 0 Å². The molecule has 2 fully saturated rings. The molecule has 2 saturated heterocycles. The Morgan fingerprint density at radius 3 is 3.04 bits per heavy atom. The zero-order chi connectivity index (χ0) is 17.8. The number of hydrogen-bond donors (Lipinski definition) is 2. The summed E-state index contributed by atoms with van der Waals surface area (Å²) in [4.78, 5) is 26.4. The monoisotopic (exact) mass is 398 g/mol. The Hall–Kier alpha value is -1.29. The average Bonchev–Trinajstić information content (AvgIpc) is 3.27. The van der Waals surface area contributed by atoms with Crippen molar-refractivity contribution in [2.75, 3.05) is 18.1 Å². The fourth-order valence-corrected chi connectivity index (χ4v) is 5.01. The van der Waals surface area contributed by atoms with Gasteiger partial charge in [-0.1, -0.05) is 24.0 Å². The van der Waals surface area contributed by atoms with E-state index in [1.54, 1.807) is 36.2 Å². The smallest absolute Gasteiger partial charge is 0.266 e. The number of hydrogen-bond acceptors (Lipinski definition) is 7. The molecule has 9 heteroatoms. The molecule has 2 N–H and O–H groups in total. The number of nitrogens with one attached hydrogen (secondary N) is 1. The van der Waals surface area contributed by atoms with E-state index in [4.69, 9.17) is 16.6 Å². The van der Waals surface area contributed by atoms with Crippen LogP contribution in [0.5, 0.6) is 0 Å². The number of aliphatic hydroxyl groups is 1. The molecule has 3 heterocycles. The summed E-state index contributed by atoms with van der Waals surface area (Å²) in [7, 11) is 0. The Labute approximate surface area is 159 Å². The van der Waals surface area contributed by atoms with Gasteiger partial charge in [0.1, 0.15) is 10.1 Å². The summed E-state index contributed by atoms with van der Waals surface area (Å²) in [5.74, 6) is 1.73. The van der Waals surface area contributed by atoms with E-state index in [0.717, 1.165) is 5.75 Å². The molecule has 134 valence electrons. The van der Waals surface area contributed by atoms with Gasteiger partial charge in [0, 0.05) is 30.5 Å². The van der Waals surface area contributed by atoms with Crippen LogP contribution >= 0.6 is 35.7 Å². The minimum Gasteiger partial charge on any atom is -0.465 e. The fourth-order valence-electron chi connectivity index (χ4n) is 2.55. The number of nitrogens with zero attached hydrogens (tertiary/aromatic N) is 1. The van der Waals surface area contributed by atoms with Gasteiger partial charge < -0.3 is 14.8 Å². The van der Waals surface area contributed by atoms with Crippen molar-refractivity contribution in [1.82, 2.24) is 10.2 Å². The van der Waals surface area contributed by atoms with Crippen molar-refractivity contribution in [2.45, 2.75) is 25.0 Å². The van der Waals surface area contributed by atoms with Crippen LogP contribution in [0.25, 0.3) is 6.08 Å². The summed E-state index contributed by atoms with van der Waals surface area (Å²) in [5.41, 5.74) is 0. The summed E-state index contributed by atoms with van der Waals surface area (Å²) in [6.45, 7) is 0.398. The van der Waals surface area contributed by atoms with Gasteiger partial charge in [-0.25, -0.2) is 0 Å². The quantitative estimate of drug-likeness (QED) is 0.559. The molecule has 3 rings (SSSR count). The van der Waals surface area contributed by atoms with E-state index in [2.05, 4.69) is 5.32 Å². The molecule has 0 bridgehead atoms. The second-order valence-electron chi connectivity index (χ2n) is 5.73. The Bertz CT molecular complexity index is 690. The van der Waals surface area contributed by atoms with Gasteiger partial charge in [0.2, 0.25) is 5.91 Å². The third-order valence-electron chi connectivity index (χ3n) is 3.87. The van der Waals surface area contributed by atoms with Crippen molar-refractivity contribution in [3.05, 3.63) is 29.1 Å². The van der Waals surface area contributed by atoms with Crippen LogP contribution in [0.4, 0.5) is 0 Å². The molecule has 2 aliphatic heterocycles. The van der Waals surface area contributed by atoms with Gasteiger partial charge in [0.05, 0.1) is 23.3 Å². The Morgan fingerprint density at radius 2 is 2.36 bits per heavy atom. The summed E-state index contributed by atoms with van der Waals surface area (Å²) in [6, 6.07) is 3.35. The SMILES string of the molecule is O=C(CCCN1C(=O)/C(=C/c2ccco2)SC1=S)N[C@@H]1CSC[C@H]1O. The van der Waals surface area contributed by atoms with Crippen molar-refractivity contribution in [3.8, 4) is 0 Å². The minimum absolute atomic E-state index is 0.108. The number of thiocarbonyl (C=S) groups is 1. The number of rotatable bonds is 6. The van der Waals surface area contributed by atoms with Crippen LogP contribution in [0.1, 0.15) is 18.6 Å². The van der Waals surface area contributed by atoms with Crippen LogP contribution in [0, 0.1) is 0 Å². The molecular weight excluding hydrogens is 380 g/mol. The molecule has 0 radical (unpaired) electrons. The number of aliphatic hydroxyl groups excluding tert-OH is 1. The van der Waals surface area contributed by atoms with Crippen molar-refractivity contribution < 1.29 is 19.1 Å². The molecule has 2 amide bonds. The highest BCUT2D eigenvalue weighted by atomic mass is 32.2. The Balaban J connectivity index is 1.47. The second-order valence-corrected chi connectivity index (χ2v) is 8.48. The molecule has 6 nitrogen and oxygen atoms in total. The van der Waals surface area contributed by atoms with E-state index in [1.807, 2.05) is 0 Å². The van der Waals surface area contributed by atoms with Gasteiger partial charge in [-0.15, -0.1) is 0 Å². The van der Waals surface area contributed by atoms with E-state index >= 15 is 0 Å². The van der Waals surface area contributed by atoms with E-state index in [-0.39, 0.29) is 17.9 Å². The molecule has 0 saturated carbocycles. The molecule has 0 unspecified atom stereocenters. The first-order chi connectivity index (χ1) is 12.0. The lowest BCUT2D eigenvalue weighted by molar-refractivity contribution is -0.124. The maximum atomic E-state index is 12.4. The molecule has 1 aromatic rings. The first kappa shape index (κ1) is 18.5. The van der Waals surface area contributed by atoms with E-state index in [0.29, 0.717) is 40.1 Å². The van der Waals surface area contributed by atoms with Crippen molar-refractivity contribution in [2.24, 2.45) is 0 Å². The van der Waals surface area contributed by atoms with Crippen molar-refractivity contribution in [1.29, 1.82) is 0 Å². The Morgan fingerprint density at radius 1 is 1.52 bits per heavy atom. The third-order valence-corrected chi connectivity index (χ3v) is 6.42. The topological polar surface area (TPSA) is 82.8 Å². The summed E-state index contributed by atoms with van der Waals surface area (Å²) in [6.07, 6.45) is 3.55. The summed E-state index contributed by atoms with van der Waals surface area (Å²) >= 11 is 8.13. The van der Waals surface area contributed by atoms with E-state index in [1.165, 1.54) is 16.7 Å². The lowest BCUT2D eigenvalue weighted by Gasteiger charge is -2.17. The van der Waals surface area contributed by atoms with Crippen molar-refractivity contribution >= 4 is 58.0 Å². The highest BCUT2D eigenvalue weighted by Crippen LogP contribution is 2.32. The van der Waals surface area contributed by atoms with Gasteiger partial charge in [-0.2, -0.15) is 11.8 Å². The predicted molar refractivity (Wildman–Crippen MR) is 103 cm³/mol. The number of carbonyl (C=O) groups is 2. The first-order valence-corrected chi connectivity index (χ1v) is 10.3. The van der Waals surface area contributed by atoms with Gasteiger partial charge in [0.15, 0.2) is 0 Å². The highest BCUT2D eigenvalue weighted by molar-refractivity contribution is 8.26. The maximum absolute atomic E-state index is 12.4. The zero-order valence-corrected chi connectivity index (χ0v) is 15.8. The first-order valence-electron chi connectivity index (χ1n) is 7.88. The zero-order valence-electron chi connectivity index (χ0n) is 13.3. The predicted octanol–water partition coefficient (Wildman–Crippen LogP) is 1.85.